The van der Waals surface area contributed by atoms with Crippen LogP contribution in [0.3, 0.4) is 0 Å². The Hall–Kier alpha value is -8.69. The molecule has 0 aliphatic rings. The molecule has 1 amide bonds. The summed E-state index contributed by atoms with van der Waals surface area (Å²) in [5.41, 5.74) is 18.9. The second-order valence-electron chi connectivity index (χ2n) is 28.4. The zero-order valence-corrected chi connectivity index (χ0v) is 72.6. The van der Waals surface area contributed by atoms with E-state index < -0.39 is 0 Å². The van der Waals surface area contributed by atoms with Gasteiger partial charge in [-0.05, 0) is 185 Å². The highest BCUT2D eigenvalue weighted by Gasteiger charge is 2.25. The largest absolute Gasteiger partial charge is 0.497 e. The predicted octanol–water partition coefficient (Wildman–Crippen LogP) is 21.1. The number of imidazole rings is 6. The highest BCUT2D eigenvalue weighted by molar-refractivity contribution is 6.32. The van der Waals surface area contributed by atoms with E-state index in [1.54, 1.807) is 38.7 Å². The molecule has 112 heavy (non-hydrogen) atoms. The number of alkyl halides is 1. The lowest BCUT2D eigenvalue weighted by molar-refractivity contribution is 0.0725. The first kappa shape index (κ1) is 90.5. The molecule has 0 saturated carbocycles. The number of H-pyrrole nitrogens is 1. The second kappa shape index (κ2) is 44.7. The molecule has 6 heterocycles. The Morgan fingerprint density at radius 2 is 0.884 bits per heavy atom. The Bertz CT molecular complexity index is 4850. The summed E-state index contributed by atoms with van der Waals surface area (Å²) in [7, 11) is 3.15. The van der Waals surface area contributed by atoms with Crippen molar-refractivity contribution in [3.63, 3.8) is 0 Å². The van der Waals surface area contributed by atoms with Gasteiger partial charge in [-0.2, -0.15) is 0 Å². The number of hydrogen-bond donors (Lipinski definition) is 3. The lowest BCUT2D eigenvalue weighted by atomic mass is 10.1. The number of ether oxygens (including phenoxy) is 2. The van der Waals surface area contributed by atoms with Crippen molar-refractivity contribution in [1.82, 2.24) is 67.9 Å². The van der Waals surface area contributed by atoms with Crippen molar-refractivity contribution in [3.8, 4) is 11.5 Å². The summed E-state index contributed by atoms with van der Waals surface area (Å²) in [4.78, 5) is 45.0. The van der Waals surface area contributed by atoms with Crippen LogP contribution in [0.1, 0.15) is 170 Å². The van der Waals surface area contributed by atoms with Crippen molar-refractivity contribution in [2.75, 3.05) is 27.3 Å². The van der Waals surface area contributed by atoms with Crippen molar-refractivity contribution in [2.24, 2.45) is 11.8 Å². The molecule has 12 rings (SSSR count). The Labute approximate surface area is 692 Å². The molecule has 12 aromatic rings. The highest BCUT2D eigenvalue weighted by Crippen LogP contribution is 2.30. The fourth-order valence-corrected chi connectivity index (χ4v) is 13.1. The third-order valence-electron chi connectivity index (χ3n) is 19.7. The van der Waals surface area contributed by atoms with Crippen molar-refractivity contribution in [1.29, 1.82) is 0 Å². The predicted molar refractivity (Wildman–Crippen MR) is 460 cm³/mol. The molecule has 0 saturated heterocycles. The molecule has 6 aromatic heterocycles. The molecule has 0 aliphatic heterocycles. The number of rotatable bonds is 25. The third kappa shape index (κ3) is 25.9. The number of nitrogens with zero attached hydrogens (tertiary/aromatic N) is 12. The minimum Gasteiger partial charge on any atom is -0.497 e. The maximum atomic E-state index is 13.7. The standard InChI is InChI=1S/C27H34ClN3O3.C18H26ClN3.C13H14Cl2N2.C13H15ClN2O.C12H13ClN2.C5H8N2/c1-18(2)13-14-30(27(32)23-12-11-22(33-5)15-25(23)34-6)17-26-29-19(3)20(4)31(26)16-21-9-7-8-10-24(21)28;1-13(2)9-10-20-11-18-21-14(3)15(4)22(18)12-16-7-5-6-8-17(16)19;1-9-10(2)17(13(7-14)16-9)8-11-5-3-4-6-12(11)15;1-9-10(2)16(13(8-17)15-9)7-11-5-3-4-6-12(11)14;1-9-10(2)15(8-14-9)7-11-5-3-4-6-12(11)13;1-4-5(2)7-3-6-4/h7-12,15,18H,13-14,16-17H2,1-6H3;5-8,13,20H,9-12H2,1-4H3;3-6H,7-8H2,1-2H3;3-6,17H,7-8H2,1-2H3;3-6,8H,7H2,1-2H3;3H,1-2H3,(H,6,7). The average molecular weight is 1640 g/mol. The summed E-state index contributed by atoms with van der Waals surface area (Å²) >= 11 is 37.0. The van der Waals surface area contributed by atoms with Gasteiger partial charge in [0.1, 0.15) is 41.4 Å². The van der Waals surface area contributed by atoms with Gasteiger partial charge < -0.3 is 52.6 Å². The molecule has 0 unspecified atom stereocenters. The van der Waals surface area contributed by atoms with Crippen LogP contribution in [-0.2, 0) is 58.3 Å². The van der Waals surface area contributed by atoms with Gasteiger partial charge in [0, 0.05) is 71.9 Å². The van der Waals surface area contributed by atoms with E-state index >= 15 is 0 Å². The molecule has 6 aromatic carbocycles. The topological polar surface area (TPSA) is 189 Å². The SMILES string of the molecule is COc1ccc(C(=O)N(CCC(C)C)Cc2nc(C)c(C)n2Cc2ccccc2Cl)c(OC)c1.Cc1nc(CCl)n(Cc2ccccc2Cl)c1C.Cc1nc(CNCCC(C)C)n(Cc2ccccc2Cl)c1C.Cc1nc(CO)n(Cc2ccccc2Cl)c1C.Cc1nc[nH]c1C.Cc1ncn(Cc2ccccc2Cl)c1C. The fourth-order valence-electron chi connectivity index (χ4n) is 11.9. The Balaban J connectivity index is 0.000000196. The van der Waals surface area contributed by atoms with E-state index in [9.17, 15) is 9.90 Å². The summed E-state index contributed by atoms with van der Waals surface area (Å²) in [6, 6.07) is 44.6. The fraction of sp³-hybridized carbons (Fsp3) is 0.375. The quantitative estimate of drug-likeness (QED) is 0.0365. The molecule has 24 heteroatoms. The monoisotopic (exact) mass is 1640 g/mol. The van der Waals surface area contributed by atoms with Gasteiger partial charge >= 0.3 is 0 Å². The minimum absolute atomic E-state index is 0.0564. The summed E-state index contributed by atoms with van der Waals surface area (Å²) < 4.78 is 21.4. The van der Waals surface area contributed by atoms with E-state index in [0.29, 0.717) is 67.4 Å². The van der Waals surface area contributed by atoms with Crippen LogP contribution in [0, 0.1) is 94.9 Å². The van der Waals surface area contributed by atoms with E-state index in [0.717, 1.165) is 166 Å². The first-order valence-corrected chi connectivity index (χ1v) is 40.0. The van der Waals surface area contributed by atoms with Gasteiger partial charge in [0.25, 0.3) is 5.91 Å². The highest BCUT2D eigenvalue weighted by atomic mass is 35.5. The molecule has 0 aliphatic carbocycles. The lowest BCUT2D eigenvalue weighted by Crippen LogP contribution is -2.33. The van der Waals surface area contributed by atoms with Gasteiger partial charge in [0.2, 0.25) is 0 Å². The Morgan fingerprint density at radius 1 is 0.482 bits per heavy atom. The first-order chi connectivity index (χ1) is 53.5. The lowest BCUT2D eigenvalue weighted by Gasteiger charge is -2.25. The maximum Gasteiger partial charge on any atom is 0.258 e. The second-order valence-corrected chi connectivity index (χ2v) is 30.7. The van der Waals surface area contributed by atoms with Gasteiger partial charge in [-0.15, -0.1) is 11.6 Å². The number of benzene rings is 6. The zero-order chi connectivity index (χ0) is 81.9. The number of nitrogens with one attached hydrogen (secondary N) is 2. The molecule has 0 spiro atoms. The molecular weight excluding hydrogens is 1530 g/mol. The van der Waals surface area contributed by atoms with Gasteiger partial charge in [0.15, 0.2) is 0 Å². The number of aromatic amines is 1. The number of aromatic nitrogens is 12. The van der Waals surface area contributed by atoms with Crippen LogP contribution in [0.15, 0.2) is 152 Å². The molecule has 3 N–H and O–H groups in total. The van der Waals surface area contributed by atoms with E-state index in [4.69, 9.17) is 89.0 Å². The number of aliphatic hydroxyl groups is 1. The number of aryl methyl sites for hydroxylation is 7. The Morgan fingerprint density at radius 3 is 1.25 bits per heavy atom. The van der Waals surface area contributed by atoms with Crippen molar-refractivity contribution < 1.29 is 19.4 Å². The van der Waals surface area contributed by atoms with Crippen LogP contribution in [-0.4, -0.2) is 101 Å². The van der Waals surface area contributed by atoms with Crippen molar-refractivity contribution in [2.45, 2.75) is 182 Å². The summed E-state index contributed by atoms with van der Waals surface area (Å²) in [6.07, 6.45) is 5.62. The number of amides is 1. The van der Waals surface area contributed by atoms with Gasteiger partial charge in [-0.3, -0.25) is 4.79 Å². The summed E-state index contributed by atoms with van der Waals surface area (Å²) in [5.74, 6) is 6.12. The maximum absolute atomic E-state index is 13.7. The van der Waals surface area contributed by atoms with Crippen LogP contribution >= 0.6 is 69.6 Å². The number of carbonyl (C=O) groups is 1. The smallest absolute Gasteiger partial charge is 0.258 e. The molecule has 0 bridgehead atoms. The summed E-state index contributed by atoms with van der Waals surface area (Å²) in [5, 5.41) is 16.6. The van der Waals surface area contributed by atoms with Crippen LogP contribution in [0.25, 0.3) is 0 Å². The third-order valence-corrected chi connectivity index (χ3v) is 21.8. The van der Waals surface area contributed by atoms with Gasteiger partial charge in [-0.1, -0.05) is 177 Å². The molecule has 18 nitrogen and oxygen atoms in total. The number of methoxy groups -OCH3 is 2. The van der Waals surface area contributed by atoms with Crippen molar-refractivity contribution in [3.05, 3.63) is 302 Å². The average Bonchev–Trinajstić information content (AvgIpc) is 1.83. The van der Waals surface area contributed by atoms with E-state index in [-0.39, 0.29) is 12.5 Å². The molecule has 598 valence electrons. The van der Waals surface area contributed by atoms with Crippen LogP contribution in [0.5, 0.6) is 11.5 Å². The number of halogens is 6. The first-order valence-electron chi connectivity index (χ1n) is 37.6. The van der Waals surface area contributed by atoms with Crippen LogP contribution in [0.4, 0.5) is 0 Å². The normalized spacial score (nSPS) is 10.9. The number of carbonyl (C=O) groups excluding carboxylic acids is 1. The van der Waals surface area contributed by atoms with Crippen LogP contribution in [0.2, 0.25) is 25.1 Å². The summed E-state index contributed by atoms with van der Waals surface area (Å²) in [6.45, 7) is 39.4. The van der Waals surface area contributed by atoms with Crippen LogP contribution < -0.4 is 14.8 Å². The van der Waals surface area contributed by atoms with Crippen molar-refractivity contribution >= 4 is 75.5 Å². The molecule has 0 atom stereocenters. The van der Waals surface area contributed by atoms with E-state index in [1.807, 2.05) is 180 Å². The molecule has 0 fully saturated rings. The molecule has 0 radical (unpaired) electrons. The minimum atomic E-state index is -0.0947. The van der Waals surface area contributed by atoms with E-state index in [2.05, 4.69) is 117 Å². The van der Waals surface area contributed by atoms with Gasteiger partial charge in [-0.25, -0.2) is 29.9 Å². The molecular formula is C88H110Cl6N14O4. The number of aliphatic hydroxyl groups excluding tert-OH is 1. The van der Waals surface area contributed by atoms with E-state index in [1.165, 1.54) is 17.8 Å². The number of hydrogen-bond acceptors (Lipinski definition) is 11. The Kier molecular flexibility index (Phi) is 36.1. The van der Waals surface area contributed by atoms with Gasteiger partial charge in [0.05, 0.1) is 118 Å². The zero-order valence-electron chi connectivity index (χ0n) is 68.1.